The minimum atomic E-state index is -0.701. The van der Waals surface area contributed by atoms with Gasteiger partial charge in [0.15, 0.2) is 5.78 Å². The molecular weight excluding hydrogens is 372 g/mol. The average molecular weight is 396 g/mol. The van der Waals surface area contributed by atoms with Gasteiger partial charge in [0.25, 0.3) is 0 Å². The normalized spacial score (nSPS) is 10.7. The first-order chi connectivity index (χ1) is 14.1. The summed E-state index contributed by atoms with van der Waals surface area (Å²) >= 11 is 0. The fourth-order valence-corrected chi connectivity index (χ4v) is 2.85. The van der Waals surface area contributed by atoms with Crippen molar-refractivity contribution in [2.75, 3.05) is 20.3 Å². The molecule has 3 rings (SSSR count). The third kappa shape index (κ3) is 4.59. The summed E-state index contributed by atoms with van der Waals surface area (Å²) in [6, 6.07) is 11.5. The van der Waals surface area contributed by atoms with E-state index < -0.39 is 11.4 Å². The summed E-state index contributed by atoms with van der Waals surface area (Å²) in [5.74, 6) is 1.28. The van der Waals surface area contributed by atoms with Crippen molar-refractivity contribution in [3.05, 3.63) is 64.0 Å². The summed E-state index contributed by atoms with van der Waals surface area (Å²) in [6.07, 6.45) is 1.67. The van der Waals surface area contributed by atoms with Gasteiger partial charge >= 0.3 is 5.63 Å². The summed E-state index contributed by atoms with van der Waals surface area (Å²) < 4.78 is 22.1. The first-order valence-corrected chi connectivity index (χ1v) is 9.63. The van der Waals surface area contributed by atoms with Gasteiger partial charge in [-0.1, -0.05) is 13.8 Å². The van der Waals surface area contributed by atoms with Gasteiger partial charge in [0.2, 0.25) is 0 Å². The van der Waals surface area contributed by atoms with Crippen molar-refractivity contribution in [2.45, 2.75) is 26.7 Å². The molecule has 0 fully saturated rings. The van der Waals surface area contributed by atoms with Crippen molar-refractivity contribution in [1.82, 2.24) is 0 Å². The molecule has 0 aliphatic carbocycles. The highest BCUT2D eigenvalue weighted by molar-refractivity contribution is 6.10. The number of ether oxygens (including phenoxy) is 3. The van der Waals surface area contributed by atoms with Crippen LogP contribution in [-0.2, 0) is 0 Å². The van der Waals surface area contributed by atoms with Gasteiger partial charge in [0.1, 0.15) is 28.4 Å². The monoisotopic (exact) mass is 396 g/mol. The molecule has 0 bridgehead atoms. The predicted octanol–water partition coefficient (Wildman–Crippen LogP) is 4.61. The lowest BCUT2D eigenvalue weighted by molar-refractivity contribution is 0.103. The highest BCUT2D eigenvalue weighted by atomic mass is 16.5. The van der Waals surface area contributed by atoms with Crippen LogP contribution in [0.2, 0.25) is 0 Å². The minimum Gasteiger partial charge on any atom is -0.497 e. The zero-order valence-electron chi connectivity index (χ0n) is 16.8. The lowest BCUT2D eigenvalue weighted by atomic mass is 10.0. The van der Waals surface area contributed by atoms with Crippen LogP contribution in [0.5, 0.6) is 17.2 Å². The van der Waals surface area contributed by atoms with E-state index in [4.69, 9.17) is 18.6 Å². The van der Waals surface area contributed by atoms with Crippen LogP contribution in [0.15, 0.2) is 51.7 Å². The Morgan fingerprint density at radius 2 is 1.62 bits per heavy atom. The molecule has 2 aromatic carbocycles. The third-order valence-electron chi connectivity index (χ3n) is 4.32. The fourth-order valence-electron chi connectivity index (χ4n) is 2.85. The van der Waals surface area contributed by atoms with Crippen LogP contribution in [0.3, 0.4) is 0 Å². The van der Waals surface area contributed by atoms with E-state index >= 15 is 0 Å². The predicted molar refractivity (Wildman–Crippen MR) is 110 cm³/mol. The summed E-state index contributed by atoms with van der Waals surface area (Å²) in [5, 5.41) is 0.554. The number of hydrogen-bond acceptors (Lipinski definition) is 6. The Hall–Kier alpha value is -3.28. The van der Waals surface area contributed by atoms with E-state index in [9.17, 15) is 9.59 Å². The number of methoxy groups -OCH3 is 1. The van der Waals surface area contributed by atoms with Gasteiger partial charge < -0.3 is 18.6 Å². The van der Waals surface area contributed by atoms with Crippen LogP contribution in [0, 0.1) is 0 Å². The van der Waals surface area contributed by atoms with Gasteiger partial charge in [-0.2, -0.15) is 0 Å². The molecule has 0 N–H and O–H groups in total. The highest BCUT2D eigenvalue weighted by Gasteiger charge is 2.18. The lowest BCUT2D eigenvalue weighted by Crippen LogP contribution is -2.15. The van der Waals surface area contributed by atoms with Crippen molar-refractivity contribution in [3.8, 4) is 17.2 Å². The Morgan fingerprint density at radius 3 is 2.28 bits per heavy atom. The second-order valence-corrected chi connectivity index (χ2v) is 6.54. The molecule has 152 valence electrons. The minimum absolute atomic E-state index is 0.0498. The smallest absolute Gasteiger partial charge is 0.347 e. The molecule has 0 atom stereocenters. The fraction of sp³-hybridized carbons (Fsp3) is 0.304. The molecule has 0 amide bonds. The number of ketones is 1. The standard InChI is InChI=1S/C23H24O6/c1-4-10-27-17-12-20(28-11-5-2)18-14-19(23(25)29-21(18)13-17)22(24)15-6-8-16(26-3)9-7-15/h6-9,12-14H,4-5,10-11H2,1-3H3. The molecule has 0 radical (unpaired) electrons. The van der Waals surface area contributed by atoms with Gasteiger partial charge in [0.05, 0.1) is 25.7 Å². The Labute approximate surface area is 169 Å². The zero-order valence-corrected chi connectivity index (χ0v) is 16.8. The Balaban J connectivity index is 2.07. The summed E-state index contributed by atoms with van der Waals surface area (Å²) in [5.41, 5.74) is -0.0593. The molecule has 6 heteroatoms. The van der Waals surface area contributed by atoms with Crippen LogP contribution in [0.1, 0.15) is 42.6 Å². The molecule has 0 aliphatic heterocycles. The first-order valence-electron chi connectivity index (χ1n) is 9.63. The van der Waals surface area contributed by atoms with Crippen LogP contribution < -0.4 is 19.8 Å². The highest BCUT2D eigenvalue weighted by Crippen LogP contribution is 2.32. The van der Waals surface area contributed by atoms with Gasteiger partial charge in [0, 0.05) is 17.7 Å². The van der Waals surface area contributed by atoms with E-state index in [2.05, 4.69) is 0 Å². The maximum Gasteiger partial charge on any atom is 0.347 e. The van der Waals surface area contributed by atoms with Crippen LogP contribution >= 0.6 is 0 Å². The molecule has 0 saturated heterocycles. The van der Waals surface area contributed by atoms with E-state index in [1.165, 1.54) is 6.07 Å². The van der Waals surface area contributed by atoms with Crippen LogP contribution in [-0.4, -0.2) is 26.1 Å². The molecular formula is C23H24O6. The van der Waals surface area contributed by atoms with Gasteiger partial charge in [-0.25, -0.2) is 4.79 Å². The Kier molecular flexibility index (Phi) is 6.54. The maximum absolute atomic E-state index is 12.9. The number of benzene rings is 2. The molecule has 1 heterocycles. The van der Waals surface area contributed by atoms with Gasteiger partial charge in [-0.3, -0.25) is 4.79 Å². The third-order valence-corrected chi connectivity index (χ3v) is 4.32. The Bertz CT molecular complexity index is 1050. The zero-order chi connectivity index (χ0) is 20.8. The number of carbonyl (C=O) groups excluding carboxylic acids is 1. The number of fused-ring (bicyclic) bond motifs is 1. The Morgan fingerprint density at radius 1 is 0.931 bits per heavy atom. The van der Waals surface area contributed by atoms with E-state index in [1.807, 2.05) is 13.8 Å². The quantitative estimate of drug-likeness (QED) is 0.388. The molecule has 0 spiro atoms. The van der Waals surface area contributed by atoms with Gasteiger partial charge in [-0.15, -0.1) is 0 Å². The lowest BCUT2D eigenvalue weighted by Gasteiger charge is -2.12. The summed E-state index contributed by atoms with van der Waals surface area (Å²) in [4.78, 5) is 25.4. The van der Waals surface area contributed by atoms with Crippen LogP contribution in [0.4, 0.5) is 0 Å². The summed E-state index contributed by atoms with van der Waals surface area (Å²) in [7, 11) is 1.55. The van der Waals surface area contributed by atoms with E-state index in [1.54, 1.807) is 43.5 Å². The second kappa shape index (κ2) is 9.28. The van der Waals surface area contributed by atoms with Crippen molar-refractivity contribution in [2.24, 2.45) is 0 Å². The van der Waals surface area contributed by atoms with E-state index in [0.717, 1.165) is 12.8 Å². The molecule has 1 aromatic heterocycles. The van der Waals surface area contributed by atoms with Crippen LogP contribution in [0.25, 0.3) is 11.0 Å². The average Bonchev–Trinajstić information content (AvgIpc) is 2.75. The van der Waals surface area contributed by atoms with Crippen molar-refractivity contribution < 1.29 is 23.4 Å². The van der Waals surface area contributed by atoms with Crippen molar-refractivity contribution >= 4 is 16.8 Å². The molecule has 3 aromatic rings. The maximum atomic E-state index is 12.9. The van der Waals surface area contributed by atoms with E-state index in [-0.39, 0.29) is 5.56 Å². The van der Waals surface area contributed by atoms with Crippen molar-refractivity contribution in [3.63, 3.8) is 0 Å². The second-order valence-electron chi connectivity index (χ2n) is 6.54. The molecule has 0 saturated carbocycles. The first kappa shape index (κ1) is 20.5. The molecule has 0 unspecified atom stereocenters. The summed E-state index contributed by atoms with van der Waals surface area (Å²) in [6.45, 7) is 5.04. The molecule has 0 aliphatic rings. The van der Waals surface area contributed by atoms with Crippen molar-refractivity contribution in [1.29, 1.82) is 0 Å². The SMILES string of the molecule is CCCOc1cc(OCCC)c2cc(C(=O)c3ccc(OC)cc3)c(=O)oc2c1. The van der Waals surface area contributed by atoms with E-state index in [0.29, 0.717) is 47.0 Å². The number of rotatable bonds is 9. The largest absolute Gasteiger partial charge is 0.497 e. The molecule has 6 nitrogen and oxygen atoms in total. The number of hydrogen-bond donors (Lipinski definition) is 0. The van der Waals surface area contributed by atoms with Gasteiger partial charge in [-0.05, 0) is 43.2 Å². The molecule has 29 heavy (non-hydrogen) atoms. The topological polar surface area (TPSA) is 75.0 Å². The number of carbonyl (C=O) groups is 1.